The SMILES string of the molecule is CCOC(=O)/C(C=Nc1ccsc1C(N)=O)=C(\O)C(F)(F)F. The molecule has 6 nitrogen and oxygen atoms in total. The highest BCUT2D eigenvalue weighted by atomic mass is 32.1. The van der Waals surface area contributed by atoms with Gasteiger partial charge in [-0.1, -0.05) is 0 Å². The first-order valence-electron chi connectivity index (χ1n) is 5.77. The number of halogens is 3. The minimum atomic E-state index is -5.14. The van der Waals surface area contributed by atoms with E-state index in [1.807, 2.05) is 0 Å². The van der Waals surface area contributed by atoms with Gasteiger partial charge < -0.3 is 15.6 Å². The Labute approximate surface area is 126 Å². The van der Waals surface area contributed by atoms with Crippen LogP contribution in [0.4, 0.5) is 18.9 Å². The Morgan fingerprint density at radius 1 is 1.50 bits per heavy atom. The zero-order valence-corrected chi connectivity index (χ0v) is 12.0. The summed E-state index contributed by atoms with van der Waals surface area (Å²) in [5.41, 5.74) is 3.88. The largest absolute Gasteiger partial charge is 0.504 e. The van der Waals surface area contributed by atoms with Gasteiger partial charge in [-0.05, 0) is 18.4 Å². The van der Waals surface area contributed by atoms with Crippen molar-refractivity contribution in [1.29, 1.82) is 0 Å². The third-order valence-electron chi connectivity index (χ3n) is 2.22. The van der Waals surface area contributed by atoms with Crippen LogP contribution in [0, 0.1) is 0 Å². The molecule has 22 heavy (non-hydrogen) atoms. The highest BCUT2D eigenvalue weighted by molar-refractivity contribution is 7.12. The zero-order chi connectivity index (χ0) is 16.9. The first-order valence-corrected chi connectivity index (χ1v) is 6.65. The molecule has 0 aliphatic heterocycles. The monoisotopic (exact) mass is 336 g/mol. The molecule has 0 saturated carbocycles. The van der Waals surface area contributed by atoms with Gasteiger partial charge in [0.15, 0.2) is 0 Å². The minimum absolute atomic E-state index is 0.00552. The lowest BCUT2D eigenvalue weighted by molar-refractivity contribution is -0.141. The summed E-state index contributed by atoms with van der Waals surface area (Å²) in [6, 6.07) is 1.33. The molecule has 0 atom stereocenters. The summed E-state index contributed by atoms with van der Waals surface area (Å²) >= 11 is 0.937. The number of nitrogens with two attached hydrogens (primary N) is 1. The number of carbonyl (C=O) groups is 2. The van der Waals surface area contributed by atoms with Crippen molar-refractivity contribution in [1.82, 2.24) is 0 Å². The van der Waals surface area contributed by atoms with Crippen molar-refractivity contribution in [2.75, 3.05) is 6.61 Å². The normalized spacial score (nSPS) is 13.1. The minimum Gasteiger partial charge on any atom is -0.504 e. The number of rotatable bonds is 5. The van der Waals surface area contributed by atoms with Gasteiger partial charge in [0.25, 0.3) is 5.91 Å². The Morgan fingerprint density at radius 3 is 2.64 bits per heavy atom. The summed E-state index contributed by atoms with van der Waals surface area (Å²) in [7, 11) is 0. The maximum absolute atomic E-state index is 12.5. The highest BCUT2D eigenvalue weighted by Crippen LogP contribution is 2.28. The lowest BCUT2D eigenvalue weighted by Gasteiger charge is -2.09. The molecule has 0 bridgehead atoms. The van der Waals surface area contributed by atoms with Crippen molar-refractivity contribution in [2.45, 2.75) is 13.1 Å². The second kappa shape index (κ2) is 7.07. The molecule has 120 valence electrons. The number of aliphatic imine (C=N–C) groups is 1. The molecule has 0 saturated heterocycles. The van der Waals surface area contributed by atoms with Crippen LogP contribution < -0.4 is 5.73 Å². The third-order valence-corrected chi connectivity index (χ3v) is 3.14. The summed E-state index contributed by atoms with van der Waals surface area (Å²) in [5, 5.41) is 10.6. The molecule has 1 amide bonds. The number of allylic oxidation sites excluding steroid dienone is 1. The molecule has 0 spiro atoms. The van der Waals surface area contributed by atoms with Gasteiger partial charge in [0.2, 0.25) is 5.76 Å². The molecule has 1 heterocycles. The van der Waals surface area contributed by atoms with Gasteiger partial charge in [-0.25, -0.2) is 4.79 Å². The topological polar surface area (TPSA) is 102 Å². The Hall–Kier alpha value is -2.36. The molecule has 0 radical (unpaired) electrons. The van der Waals surface area contributed by atoms with Crippen LogP contribution in [0.3, 0.4) is 0 Å². The molecule has 1 rings (SSSR count). The molecule has 1 aromatic heterocycles. The van der Waals surface area contributed by atoms with E-state index < -0.39 is 29.4 Å². The molecule has 3 N–H and O–H groups in total. The standard InChI is InChI=1S/C12H11F3N2O4S/c1-2-21-11(20)6(9(18)12(13,14)15)5-17-7-3-4-22-8(7)10(16)19/h3-5,18H,2H2,1H3,(H2,16,19)/b9-6-,17-5?. The van der Waals surface area contributed by atoms with Crippen LogP contribution in [0.5, 0.6) is 0 Å². The molecular formula is C12H11F3N2O4S. The average Bonchev–Trinajstić information content (AvgIpc) is 2.86. The van der Waals surface area contributed by atoms with E-state index in [0.717, 1.165) is 11.3 Å². The number of nitrogens with zero attached hydrogens (tertiary/aromatic N) is 1. The number of alkyl halides is 3. The highest BCUT2D eigenvalue weighted by Gasteiger charge is 2.38. The van der Waals surface area contributed by atoms with Crippen molar-refractivity contribution < 1.29 is 32.6 Å². The summed E-state index contributed by atoms with van der Waals surface area (Å²) in [6.07, 6.45) is -4.66. The van der Waals surface area contributed by atoms with E-state index in [1.165, 1.54) is 18.4 Å². The van der Waals surface area contributed by atoms with Crippen molar-refractivity contribution >= 4 is 35.1 Å². The van der Waals surface area contributed by atoms with Gasteiger partial charge in [0.05, 0.1) is 12.3 Å². The van der Waals surface area contributed by atoms with Crippen molar-refractivity contribution in [2.24, 2.45) is 10.7 Å². The Kier molecular flexibility index (Phi) is 5.69. The van der Waals surface area contributed by atoms with Gasteiger partial charge in [0.1, 0.15) is 10.5 Å². The van der Waals surface area contributed by atoms with Gasteiger partial charge in [-0.3, -0.25) is 9.79 Å². The number of aliphatic hydroxyl groups is 1. The maximum atomic E-state index is 12.5. The van der Waals surface area contributed by atoms with Gasteiger partial charge >= 0.3 is 12.1 Å². The second-order valence-corrected chi connectivity index (χ2v) is 4.65. The number of primary amides is 1. The Balaban J connectivity index is 3.25. The third kappa shape index (κ3) is 4.32. The van der Waals surface area contributed by atoms with Crippen LogP contribution in [0.1, 0.15) is 16.6 Å². The fraction of sp³-hybridized carbons (Fsp3) is 0.250. The van der Waals surface area contributed by atoms with Crippen LogP contribution in [0.2, 0.25) is 0 Å². The number of esters is 1. The van der Waals surface area contributed by atoms with E-state index >= 15 is 0 Å². The fourth-order valence-electron chi connectivity index (χ4n) is 1.29. The maximum Gasteiger partial charge on any atom is 0.449 e. The Bertz CT molecular complexity index is 635. The number of amides is 1. The van der Waals surface area contributed by atoms with Crippen molar-refractivity contribution in [3.63, 3.8) is 0 Å². The van der Waals surface area contributed by atoms with Crippen molar-refractivity contribution in [3.8, 4) is 0 Å². The van der Waals surface area contributed by atoms with Gasteiger partial charge in [0, 0.05) is 6.21 Å². The zero-order valence-electron chi connectivity index (χ0n) is 11.2. The van der Waals surface area contributed by atoms with Crippen molar-refractivity contribution in [3.05, 3.63) is 27.7 Å². The quantitative estimate of drug-likeness (QED) is 0.373. The van der Waals surface area contributed by atoms with Crippen LogP contribution >= 0.6 is 11.3 Å². The molecule has 0 unspecified atom stereocenters. The molecule has 10 heteroatoms. The van der Waals surface area contributed by atoms with E-state index in [-0.39, 0.29) is 17.2 Å². The second-order valence-electron chi connectivity index (χ2n) is 3.74. The molecule has 0 fully saturated rings. The number of hydrogen-bond donors (Lipinski definition) is 2. The molecule has 0 aromatic carbocycles. The van der Waals surface area contributed by atoms with Crippen LogP contribution in [0.25, 0.3) is 0 Å². The summed E-state index contributed by atoms with van der Waals surface area (Å²) in [5.74, 6) is -4.34. The van der Waals surface area contributed by atoms with Crippen LogP contribution in [-0.4, -0.2) is 36.0 Å². The van der Waals surface area contributed by atoms with Crippen LogP contribution in [0.15, 0.2) is 27.8 Å². The first kappa shape index (κ1) is 17.7. The van der Waals surface area contributed by atoms with Gasteiger partial charge in [-0.15, -0.1) is 11.3 Å². The van der Waals surface area contributed by atoms with E-state index in [1.54, 1.807) is 0 Å². The van der Waals surface area contributed by atoms with E-state index in [0.29, 0.717) is 6.21 Å². The molecule has 0 aliphatic rings. The fourth-order valence-corrected chi connectivity index (χ4v) is 1.99. The predicted octanol–water partition coefficient (Wildman–Crippen LogP) is 2.49. The average molecular weight is 336 g/mol. The lowest BCUT2D eigenvalue weighted by Crippen LogP contribution is -2.20. The number of hydrogen-bond acceptors (Lipinski definition) is 6. The molecule has 0 aliphatic carbocycles. The number of aliphatic hydroxyl groups excluding tert-OH is 1. The number of carbonyl (C=O) groups excluding carboxylic acids is 2. The summed E-state index contributed by atoms with van der Waals surface area (Å²) < 4.78 is 42.0. The lowest BCUT2D eigenvalue weighted by atomic mass is 10.2. The Morgan fingerprint density at radius 2 is 2.14 bits per heavy atom. The van der Waals surface area contributed by atoms with Gasteiger partial charge in [-0.2, -0.15) is 13.2 Å². The predicted molar refractivity (Wildman–Crippen MR) is 73.3 cm³/mol. The van der Waals surface area contributed by atoms with E-state index in [2.05, 4.69) is 9.73 Å². The van der Waals surface area contributed by atoms with E-state index in [9.17, 15) is 22.8 Å². The first-order chi connectivity index (χ1) is 10.2. The number of thiophene rings is 1. The summed E-state index contributed by atoms with van der Waals surface area (Å²) in [4.78, 5) is 26.2. The number of ether oxygens (including phenoxy) is 1. The smallest absolute Gasteiger partial charge is 0.449 e. The van der Waals surface area contributed by atoms with E-state index in [4.69, 9.17) is 10.8 Å². The molecule has 1 aromatic rings. The van der Waals surface area contributed by atoms with Crippen LogP contribution in [-0.2, 0) is 9.53 Å². The molecular weight excluding hydrogens is 325 g/mol. The summed E-state index contributed by atoms with van der Waals surface area (Å²) in [6.45, 7) is 1.20.